The monoisotopic (exact) mass is 162 g/mol. The number of hydrogen-bond donors (Lipinski definition) is 0. The van der Waals surface area contributed by atoms with Crippen LogP contribution < -0.4 is 0 Å². The van der Waals surface area contributed by atoms with Crippen LogP contribution in [0.4, 0.5) is 4.39 Å². The lowest BCUT2D eigenvalue weighted by molar-refractivity contribution is 0.101. The van der Waals surface area contributed by atoms with Crippen molar-refractivity contribution in [2.75, 3.05) is 0 Å². The molecule has 2 nitrogen and oxygen atoms in total. The largest absolute Gasteiger partial charge is 0.293 e. The Labute approximate surface area is 69.4 Å². The van der Waals surface area contributed by atoms with Gasteiger partial charge in [-0.2, -0.15) is 4.39 Å². The number of fused-ring (bicyclic) bond motifs is 1. The molecule has 12 heavy (non-hydrogen) atoms. The number of nitrogens with zero attached hydrogens (tertiary/aromatic N) is 1. The molecular weight excluding hydrogens is 157 g/mol. The Morgan fingerprint density at radius 1 is 1.58 bits per heavy atom. The first-order valence-corrected chi connectivity index (χ1v) is 3.62. The number of halogens is 1. The van der Waals surface area contributed by atoms with Gasteiger partial charge in [-0.1, -0.05) is 0 Å². The van der Waals surface area contributed by atoms with Crippen LogP contribution in [0, 0.1) is 18.6 Å². The minimum absolute atomic E-state index is 0.0694. The molecule has 0 saturated heterocycles. The Bertz CT molecular complexity index is 335. The fraction of sp³-hybridized carbons (Fsp3) is 0.222. The van der Waals surface area contributed by atoms with Crippen molar-refractivity contribution in [3.8, 4) is 0 Å². The number of rotatable bonds is 0. The quantitative estimate of drug-likeness (QED) is 0.537. The van der Waals surface area contributed by atoms with E-state index < -0.39 is 5.95 Å². The van der Waals surface area contributed by atoms with Crippen LogP contribution in [0.1, 0.15) is 22.3 Å². The van der Waals surface area contributed by atoms with E-state index in [1.165, 1.54) is 0 Å². The zero-order valence-electron chi connectivity index (χ0n) is 6.22. The topological polar surface area (TPSA) is 30.0 Å². The zero-order valence-corrected chi connectivity index (χ0v) is 6.22. The number of carbonyl (C=O) groups excluding carboxylic acids is 1. The molecule has 2 rings (SSSR count). The normalized spacial score (nSPS) is 15.9. The van der Waals surface area contributed by atoms with E-state index in [1.54, 1.807) is 6.07 Å². The molecule has 0 spiro atoms. The molecular formula is C9H5FNO. The maximum atomic E-state index is 12.9. The summed E-state index contributed by atoms with van der Waals surface area (Å²) >= 11 is 0. The second kappa shape index (κ2) is 2.66. The molecule has 59 valence electrons. The van der Waals surface area contributed by atoms with Gasteiger partial charge in [-0.05, 0) is 24.5 Å². The number of ketones is 1. The van der Waals surface area contributed by atoms with Gasteiger partial charge in [-0.3, -0.25) is 4.79 Å². The molecule has 1 aromatic rings. The highest BCUT2D eigenvalue weighted by Gasteiger charge is 2.21. The molecule has 3 heteroatoms. The molecule has 1 aliphatic rings. The van der Waals surface area contributed by atoms with E-state index in [2.05, 4.69) is 17.6 Å². The summed E-state index contributed by atoms with van der Waals surface area (Å²) in [7, 11) is 0. The smallest absolute Gasteiger partial charge is 0.224 e. The van der Waals surface area contributed by atoms with E-state index in [0.29, 0.717) is 18.4 Å². The molecule has 0 atom stereocenters. The van der Waals surface area contributed by atoms with Crippen LogP contribution in [0.2, 0.25) is 0 Å². The number of pyridine rings is 1. The minimum Gasteiger partial charge on any atom is -0.293 e. The molecule has 3 radical (unpaired) electrons. The average molecular weight is 162 g/mol. The van der Waals surface area contributed by atoms with E-state index in [9.17, 15) is 9.18 Å². The number of hydrogen-bond acceptors (Lipinski definition) is 2. The second-order valence-corrected chi connectivity index (χ2v) is 2.58. The summed E-state index contributed by atoms with van der Waals surface area (Å²) < 4.78 is 12.9. The fourth-order valence-corrected chi connectivity index (χ4v) is 1.26. The lowest BCUT2D eigenvalue weighted by Crippen LogP contribution is -2.14. The van der Waals surface area contributed by atoms with Crippen LogP contribution >= 0.6 is 0 Å². The average Bonchev–Trinajstić information content (AvgIpc) is 2.04. The van der Waals surface area contributed by atoms with Gasteiger partial charge >= 0.3 is 0 Å². The minimum atomic E-state index is -0.732. The Balaban J connectivity index is 2.60. The maximum absolute atomic E-state index is 12.9. The number of aryl methyl sites for hydroxylation is 1. The summed E-state index contributed by atoms with van der Waals surface area (Å²) in [6.07, 6.45) is 6.16. The van der Waals surface area contributed by atoms with Gasteiger partial charge in [0.15, 0.2) is 5.78 Å². The molecule has 1 aromatic heterocycles. The van der Waals surface area contributed by atoms with Crippen molar-refractivity contribution in [3.05, 3.63) is 35.8 Å². The van der Waals surface area contributed by atoms with Gasteiger partial charge in [0.2, 0.25) is 5.95 Å². The molecule has 1 aliphatic carbocycles. The lowest BCUT2D eigenvalue weighted by atomic mass is 9.92. The van der Waals surface area contributed by atoms with Crippen molar-refractivity contribution >= 4 is 5.78 Å². The SMILES string of the molecule is O=C1[C]CCc2c[c]nc(F)c21. The van der Waals surface area contributed by atoms with Gasteiger partial charge in [-0.15, -0.1) is 0 Å². The Hall–Kier alpha value is -1.25. The summed E-state index contributed by atoms with van der Waals surface area (Å²) in [5.41, 5.74) is 0.756. The molecule has 0 aromatic carbocycles. The highest BCUT2D eigenvalue weighted by molar-refractivity contribution is 6.04. The standard InChI is InChI=1S/C9H5FNO/c10-9-8-6(4-5-11-9)2-1-3-7(8)12/h4H,1-2H2. The number of Topliss-reactive ketones (excluding diaryl/α,β-unsaturated/α-hetero) is 1. The molecule has 0 fully saturated rings. The van der Waals surface area contributed by atoms with E-state index in [0.717, 1.165) is 0 Å². The Morgan fingerprint density at radius 2 is 2.42 bits per heavy atom. The van der Waals surface area contributed by atoms with Crippen molar-refractivity contribution < 1.29 is 9.18 Å². The van der Waals surface area contributed by atoms with Crippen molar-refractivity contribution in [2.24, 2.45) is 0 Å². The first-order chi connectivity index (χ1) is 5.79. The van der Waals surface area contributed by atoms with Gasteiger partial charge < -0.3 is 0 Å². The van der Waals surface area contributed by atoms with Crippen LogP contribution in [-0.4, -0.2) is 10.8 Å². The first-order valence-electron chi connectivity index (χ1n) is 3.62. The van der Waals surface area contributed by atoms with E-state index in [-0.39, 0.29) is 11.3 Å². The van der Waals surface area contributed by atoms with Crippen molar-refractivity contribution in [1.82, 2.24) is 4.98 Å². The zero-order chi connectivity index (χ0) is 8.55. The molecule has 1 heterocycles. The van der Waals surface area contributed by atoms with Gasteiger partial charge in [0, 0.05) is 0 Å². The Kier molecular flexibility index (Phi) is 1.64. The highest BCUT2D eigenvalue weighted by Crippen LogP contribution is 2.20. The highest BCUT2D eigenvalue weighted by atomic mass is 19.1. The molecule has 0 aliphatic heterocycles. The lowest BCUT2D eigenvalue weighted by Gasteiger charge is -2.12. The third-order valence-electron chi connectivity index (χ3n) is 1.84. The van der Waals surface area contributed by atoms with Gasteiger partial charge in [0.05, 0.1) is 18.2 Å². The van der Waals surface area contributed by atoms with E-state index >= 15 is 0 Å². The maximum Gasteiger partial charge on any atom is 0.224 e. The fourth-order valence-electron chi connectivity index (χ4n) is 1.26. The van der Waals surface area contributed by atoms with Crippen LogP contribution in [0.25, 0.3) is 0 Å². The summed E-state index contributed by atoms with van der Waals surface area (Å²) in [5.74, 6) is -1.11. The van der Waals surface area contributed by atoms with Crippen molar-refractivity contribution in [2.45, 2.75) is 12.8 Å². The molecule has 0 bridgehead atoms. The summed E-state index contributed by atoms with van der Waals surface area (Å²) in [5, 5.41) is 0. The van der Waals surface area contributed by atoms with Crippen molar-refractivity contribution in [3.63, 3.8) is 0 Å². The van der Waals surface area contributed by atoms with E-state index in [1.807, 2.05) is 0 Å². The van der Waals surface area contributed by atoms with E-state index in [4.69, 9.17) is 0 Å². The molecule has 0 amide bonds. The van der Waals surface area contributed by atoms with Gasteiger partial charge in [0.1, 0.15) is 0 Å². The van der Waals surface area contributed by atoms with Crippen LogP contribution in [-0.2, 0) is 6.42 Å². The number of carbonyl (C=O) groups is 1. The first kappa shape index (κ1) is 7.40. The third kappa shape index (κ3) is 1.02. The van der Waals surface area contributed by atoms with Crippen LogP contribution in [0.5, 0.6) is 0 Å². The second-order valence-electron chi connectivity index (χ2n) is 2.58. The summed E-state index contributed by atoms with van der Waals surface area (Å²) in [6, 6.07) is 1.55. The predicted octanol–water partition coefficient (Wildman–Crippen LogP) is 1.23. The predicted molar refractivity (Wildman–Crippen MR) is 38.9 cm³/mol. The van der Waals surface area contributed by atoms with Crippen LogP contribution in [0.3, 0.4) is 0 Å². The summed E-state index contributed by atoms with van der Waals surface area (Å²) in [4.78, 5) is 14.4. The molecule has 0 unspecified atom stereocenters. The summed E-state index contributed by atoms with van der Waals surface area (Å²) in [6.45, 7) is 0. The molecule has 0 N–H and O–H groups in total. The van der Waals surface area contributed by atoms with Gasteiger partial charge in [-0.25, -0.2) is 4.98 Å². The molecule has 0 saturated carbocycles. The Morgan fingerprint density at radius 3 is 3.17 bits per heavy atom. The van der Waals surface area contributed by atoms with Gasteiger partial charge in [0.25, 0.3) is 0 Å². The number of aromatic nitrogens is 1. The van der Waals surface area contributed by atoms with Crippen LogP contribution in [0.15, 0.2) is 6.07 Å². The third-order valence-corrected chi connectivity index (χ3v) is 1.84. The van der Waals surface area contributed by atoms with Crippen molar-refractivity contribution in [1.29, 1.82) is 0 Å².